The van der Waals surface area contributed by atoms with E-state index in [4.69, 9.17) is 5.73 Å². The molecule has 0 aliphatic heterocycles. The summed E-state index contributed by atoms with van der Waals surface area (Å²) >= 11 is 1.59. The summed E-state index contributed by atoms with van der Waals surface area (Å²) in [6.07, 6.45) is 0.418. The molecule has 4 heteroatoms. The predicted octanol–water partition coefficient (Wildman–Crippen LogP) is 2.82. The first-order valence-electron chi connectivity index (χ1n) is 5.33. The van der Waals surface area contributed by atoms with Crippen LogP contribution in [0.5, 0.6) is 0 Å². The van der Waals surface area contributed by atoms with Crippen molar-refractivity contribution >= 4 is 28.6 Å². The summed E-state index contributed by atoms with van der Waals surface area (Å²) in [5.74, 6) is -0.00313. The highest BCUT2D eigenvalue weighted by Crippen LogP contribution is 2.17. The van der Waals surface area contributed by atoms with Gasteiger partial charge in [0.2, 0.25) is 5.91 Å². The number of carbonyl (C=O) groups is 1. The lowest BCUT2D eigenvalue weighted by atomic mass is 10.2. The quantitative estimate of drug-likeness (QED) is 0.818. The van der Waals surface area contributed by atoms with E-state index < -0.39 is 0 Å². The van der Waals surface area contributed by atoms with Crippen LogP contribution in [0.3, 0.4) is 0 Å². The Kier molecular flexibility index (Phi) is 3.44. The third-order valence-corrected chi connectivity index (χ3v) is 3.34. The Bertz CT molecular complexity index is 520. The normalized spacial score (nSPS) is 10.2. The lowest BCUT2D eigenvalue weighted by molar-refractivity contribution is -0.115. The van der Waals surface area contributed by atoms with E-state index in [1.165, 1.54) is 0 Å². The van der Waals surface area contributed by atoms with Gasteiger partial charge in [0.15, 0.2) is 0 Å². The highest BCUT2D eigenvalue weighted by atomic mass is 32.1. The van der Waals surface area contributed by atoms with Crippen molar-refractivity contribution < 1.29 is 4.79 Å². The average molecular weight is 246 g/mol. The number of anilines is 2. The lowest BCUT2D eigenvalue weighted by Gasteiger charge is -2.06. The van der Waals surface area contributed by atoms with Gasteiger partial charge in [0, 0.05) is 16.3 Å². The number of aryl methyl sites for hydroxylation is 1. The van der Waals surface area contributed by atoms with Crippen molar-refractivity contribution in [1.82, 2.24) is 0 Å². The minimum absolute atomic E-state index is 0.00313. The van der Waals surface area contributed by atoms with Gasteiger partial charge in [-0.1, -0.05) is 6.07 Å². The fourth-order valence-electron chi connectivity index (χ4n) is 1.53. The molecule has 17 heavy (non-hydrogen) atoms. The summed E-state index contributed by atoms with van der Waals surface area (Å²) in [6.45, 7) is 1.92. The third-order valence-electron chi connectivity index (χ3n) is 2.47. The smallest absolute Gasteiger partial charge is 0.229 e. The number of nitrogens with two attached hydrogens (primary N) is 1. The molecular formula is C13H14N2OS. The Morgan fingerprint density at radius 1 is 1.41 bits per heavy atom. The van der Waals surface area contributed by atoms with Gasteiger partial charge in [-0.05, 0) is 42.1 Å². The van der Waals surface area contributed by atoms with Crippen molar-refractivity contribution in [1.29, 1.82) is 0 Å². The van der Waals surface area contributed by atoms with Gasteiger partial charge in [0.25, 0.3) is 0 Å². The molecule has 0 aliphatic carbocycles. The number of nitrogens with one attached hydrogen (secondary N) is 1. The van der Waals surface area contributed by atoms with Crippen LogP contribution in [-0.2, 0) is 11.2 Å². The largest absolute Gasteiger partial charge is 0.399 e. The monoisotopic (exact) mass is 246 g/mol. The Labute approximate surface area is 104 Å². The molecule has 3 N–H and O–H groups in total. The zero-order valence-electron chi connectivity index (χ0n) is 9.57. The highest BCUT2D eigenvalue weighted by molar-refractivity contribution is 7.10. The highest BCUT2D eigenvalue weighted by Gasteiger charge is 2.05. The number of thiophene rings is 1. The van der Waals surface area contributed by atoms with Crippen LogP contribution in [0.15, 0.2) is 35.7 Å². The van der Waals surface area contributed by atoms with Crippen LogP contribution in [0.2, 0.25) is 0 Å². The number of nitrogen functional groups attached to an aromatic ring is 1. The third kappa shape index (κ3) is 3.07. The maximum Gasteiger partial charge on any atom is 0.229 e. The Morgan fingerprint density at radius 2 is 2.24 bits per heavy atom. The first-order valence-corrected chi connectivity index (χ1v) is 6.21. The van der Waals surface area contributed by atoms with E-state index in [1.54, 1.807) is 17.4 Å². The summed E-state index contributed by atoms with van der Waals surface area (Å²) in [6, 6.07) is 9.39. The maximum atomic E-state index is 11.7. The zero-order valence-corrected chi connectivity index (χ0v) is 10.4. The fraction of sp³-hybridized carbons (Fsp3) is 0.154. The molecule has 0 fully saturated rings. The van der Waals surface area contributed by atoms with Crippen LogP contribution >= 0.6 is 11.3 Å². The topological polar surface area (TPSA) is 55.1 Å². The van der Waals surface area contributed by atoms with E-state index in [1.807, 2.05) is 36.6 Å². The Balaban J connectivity index is 2.00. The molecular weight excluding hydrogens is 232 g/mol. The van der Waals surface area contributed by atoms with Crippen LogP contribution in [0.25, 0.3) is 0 Å². The molecule has 2 rings (SSSR count). The van der Waals surface area contributed by atoms with Gasteiger partial charge in [-0.3, -0.25) is 4.79 Å². The van der Waals surface area contributed by atoms with E-state index in [0.29, 0.717) is 6.42 Å². The minimum Gasteiger partial charge on any atom is -0.399 e. The van der Waals surface area contributed by atoms with Crippen molar-refractivity contribution in [2.24, 2.45) is 0 Å². The number of benzene rings is 1. The summed E-state index contributed by atoms with van der Waals surface area (Å²) in [5, 5.41) is 4.83. The van der Waals surface area contributed by atoms with Gasteiger partial charge in [-0.2, -0.15) is 0 Å². The Morgan fingerprint density at radius 3 is 2.88 bits per heavy atom. The van der Waals surface area contributed by atoms with Crippen molar-refractivity contribution in [2.45, 2.75) is 13.3 Å². The maximum absolute atomic E-state index is 11.7. The second-order valence-electron chi connectivity index (χ2n) is 3.88. The van der Waals surface area contributed by atoms with Gasteiger partial charge < -0.3 is 11.1 Å². The van der Waals surface area contributed by atoms with Crippen LogP contribution in [0, 0.1) is 6.92 Å². The fourth-order valence-corrected chi connectivity index (χ4v) is 2.23. The van der Waals surface area contributed by atoms with Crippen LogP contribution in [0.1, 0.15) is 10.4 Å². The number of hydrogen-bond acceptors (Lipinski definition) is 3. The first-order chi connectivity index (χ1) is 8.15. The van der Waals surface area contributed by atoms with Crippen molar-refractivity contribution in [2.75, 3.05) is 11.1 Å². The molecule has 0 saturated carbocycles. The number of carbonyl (C=O) groups excluding carboxylic acids is 1. The molecule has 1 amide bonds. The minimum atomic E-state index is -0.00313. The molecule has 3 nitrogen and oxygen atoms in total. The van der Waals surface area contributed by atoms with Crippen molar-refractivity contribution in [3.63, 3.8) is 0 Å². The molecule has 1 aromatic carbocycles. The SMILES string of the molecule is Cc1cc(NC(=O)Cc2cccs2)ccc1N. The van der Waals surface area contributed by atoms with E-state index in [-0.39, 0.29) is 5.91 Å². The van der Waals surface area contributed by atoms with E-state index in [0.717, 1.165) is 21.8 Å². The molecule has 1 aromatic heterocycles. The second kappa shape index (κ2) is 5.01. The summed E-state index contributed by atoms with van der Waals surface area (Å²) in [4.78, 5) is 12.8. The molecule has 0 radical (unpaired) electrons. The molecule has 0 bridgehead atoms. The number of hydrogen-bond donors (Lipinski definition) is 2. The van der Waals surface area contributed by atoms with Gasteiger partial charge in [-0.25, -0.2) is 0 Å². The predicted molar refractivity (Wildman–Crippen MR) is 72.2 cm³/mol. The van der Waals surface area contributed by atoms with Crippen LogP contribution < -0.4 is 11.1 Å². The van der Waals surface area contributed by atoms with E-state index in [2.05, 4.69) is 5.32 Å². The van der Waals surface area contributed by atoms with E-state index in [9.17, 15) is 4.79 Å². The second-order valence-corrected chi connectivity index (χ2v) is 4.91. The standard InChI is InChI=1S/C13H14N2OS/c1-9-7-10(4-5-12(9)14)15-13(16)8-11-3-2-6-17-11/h2-7H,8,14H2,1H3,(H,15,16). The molecule has 0 aliphatic rings. The summed E-state index contributed by atoms with van der Waals surface area (Å²) in [7, 11) is 0. The molecule has 2 aromatic rings. The zero-order chi connectivity index (χ0) is 12.3. The van der Waals surface area contributed by atoms with Gasteiger partial charge in [0.05, 0.1) is 6.42 Å². The van der Waals surface area contributed by atoms with Crippen molar-refractivity contribution in [3.05, 3.63) is 46.2 Å². The summed E-state index contributed by atoms with van der Waals surface area (Å²) in [5.41, 5.74) is 8.22. The molecule has 0 unspecified atom stereocenters. The first kappa shape index (κ1) is 11.7. The number of amides is 1. The van der Waals surface area contributed by atoms with Crippen LogP contribution in [0.4, 0.5) is 11.4 Å². The number of rotatable bonds is 3. The summed E-state index contributed by atoms with van der Waals surface area (Å²) < 4.78 is 0. The van der Waals surface area contributed by atoms with Gasteiger partial charge in [0.1, 0.15) is 0 Å². The molecule has 0 saturated heterocycles. The molecule has 0 atom stereocenters. The van der Waals surface area contributed by atoms with Crippen LogP contribution in [-0.4, -0.2) is 5.91 Å². The average Bonchev–Trinajstić information content (AvgIpc) is 2.76. The molecule has 0 spiro atoms. The van der Waals surface area contributed by atoms with Gasteiger partial charge in [-0.15, -0.1) is 11.3 Å². The van der Waals surface area contributed by atoms with Gasteiger partial charge >= 0.3 is 0 Å². The van der Waals surface area contributed by atoms with E-state index >= 15 is 0 Å². The lowest BCUT2D eigenvalue weighted by Crippen LogP contribution is -2.13. The van der Waals surface area contributed by atoms with Crippen molar-refractivity contribution in [3.8, 4) is 0 Å². The molecule has 88 valence electrons. The Hall–Kier alpha value is -1.81. The molecule has 1 heterocycles.